The summed E-state index contributed by atoms with van der Waals surface area (Å²) in [5, 5.41) is 8.21. The molecule has 2 aliphatic heterocycles. The van der Waals surface area contributed by atoms with Crippen molar-refractivity contribution in [2.75, 3.05) is 5.01 Å². The molecule has 202 valence electrons. The molecule has 0 fully saturated rings. The monoisotopic (exact) mass is 582 g/mol. The number of hydrogen-bond acceptors (Lipinski definition) is 5. The van der Waals surface area contributed by atoms with E-state index in [4.69, 9.17) is 16.7 Å². The van der Waals surface area contributed by atoms with Gasteiger partial charge in [-0.25, -0.2) is 5.01 Å². The minimum Gasteiger partial charge on any atom is -0.292 e. The van der Waals surface area contributed by atoms with Gasteiger partial charge in [-0.2, -0.15) is 5.10 Å². The van der Waals surface area contributed by atoms with Crippen molar-refractivity contribution in [3.63, 3.8) is 0 Å². The first-order valence-corrected chi connectivity index (χ1v) is 15.7. The zero-order valence-corrected chi connectivity index (χ0v) is 25.5. The van der Waals surface area contributed by atoms with Crippen LogP contribution in [0.1, 0.15) is 59.7 Å². The molecular weight excluding hydrogens is 552 g/mol. The molecule has 2 heterocycles. The predicted octanol–water partition coefficient (Wildman–Crippen LogP) is 9.08. The van der Waals surface area contributed by atoms with E-state index in [0.717, 1.165) is 29.7 Å². The highest BCUT2D eigenvalue weighted by Gasteiger charge is 2.61. The maximum atomic E-state index is 12.9. The Morgan fingerprint density at radius 3 is 1.95 bits per heavy atom. The van der Waals surface area contributed by atoms with E-state index in [1.54, 1.807) is 18.7 Å². The average molecular weight is 583 g/mol. The number of hydrazone groups is 1. The van der Waals surface area contributed by atoms with E-state index in [1.165, 1.54) is 27.8 Å². The van der Waals surface area contributed by atoms with E-state index >= 15 is 0 Å². The number of aryl methyl sites for hydroxylation is 2. The van der Waals surface area contributed by atoms with Crippen LogP contribution in [0.15, 0.2) is 96.1 Å². The van der Waals surface area contributed by atoms with Gasteiger partial charge in [0.15, 0.2) is 15.0 Å². The molecule has 0 aliphatic carbocycles. The van der Waals surface area contributed by atoms with Crippen LogP contribution in [0.25, 0.3) is 0 Å². The zero-order valence-electron chi connectivity index (χ0n) is 23.1. The van der Waals surface area contributed by atoms with Crippen molar-refractivity contribution < 1.29 is 4.79 Å². The second-order valence-electron chi connectivity index (χ2n) is 10.3. The lowest BCUT2D eigenvalue weighted by molar-refractivity contribution is -0.110. The van der Waals surface area contributed by atoms with E-state index in [1.807, 2.05) is 41.9 Å². The Kier molecular flexibility index (Phi) is 7.10. The van der Waals surface area contributed by atoms with Crippen molar-refractivity contribution >= 4 is 51.6 Å². The highest BCUT2D eigenvalue weighted by molar-refractivity contribution is 8.27. The maximum absolute atomic E-state index is 12.9. The third-order valence-electron chi connectivity index (χ3n) is 7.95. The molecule has 0 aromatic heterocycles. The highest BCUT2D eigenvalue weighted by Crippen LogP contribution is 2.71. The lowest BCUT2D eigenvalue weighted by atomic mass is 9.81. The molecule has 0 bridgehead atoms. The van der Waals surface area contributed by atoms with Crippen molar-refractivity contribution in [1.29, 1.82) is 0 Å². The second kappa shape index (κ2) is 10.4. The Bertz CT molecular complexity index is 1580. The summed E-state index contributed by atoms with van der Waals surface area (Å²) in [7, 11) is 0. The van der Waals surface area contributed by atoms with Crippen molar-refractivity contribution in [3.8, 4) is 0 Å². The molecule has 0 amide bonds. The van der Waals surface area contributed by atoms with Gasteiger partial charge in [-0.1, -0.05) is 128 Å². The third kappa shape index (κ3) is 4.13. The molecule has 4 aromatic carbocycles. The molecule has 0 saturated heterocycles. The molecule has 4 aromatic rings. The quantitative estimate of drug-likeness (QED) is 0.227. The van der Waals surface area contributed by atoms with Gasteiger partial charge in [0.05, 0.1) is 10.4 Å². The second-order valence-corrected chi connectivity index (χ2v) is 13.5. The standard InChI is InChI=1S/C34H31ClN2OS2/c1-5-24-14-18-26(19-15-24)33(27-20-16-25(6-2)17-21-27)28-10-7-8-11-29(28)34(40-33)37(36-32(39-34)23(4)38)31-13-9-12-30(35)22(31)3/h7-21H,5-6H2,1-4H3/t34-/m1/s1. The summed E-state index contributed by atoms with van der Waals surface area (Å²) >= 11 is 10.0. The van der Waals surface area contributed by atoms with Crippen LogP contribution in [0.2, 0.25) is 5.02 Å². The summed E-state index contributed by atoms with van der Waals surface area (Å²) in [6.45, 7) is 7.98. The fourth-order valence-electron chi connectivity index (χ4n) is 5.69. The number of fused-ring (bicyclic) bond motifs is 2. The molecule has 0 unspecified atom stereocenters. The van der Waals surface area contributed by atoms with Crippen molar-refractivity contribution in [3.05, 3.63) is 135 Å². The lowest BCUT2D eigenvalue weighted by Gasteiger charge is -2.37. The molecule has 40 heavy (non-hydrogen) atoms. The summed E-state index contributed by atoms with van der Waals surface area (Å²) in [6.07, 6.45) is 1.97. The fourth-order valence-corrected chi connectivity index (χ4v) is 9.41. The molecule has 6 rings (SSSR count). The summed E-state index contributed by atoms with van der Waals surface area (Å²) < 4.78 is -1.23. The predicted molar refractivity (Wildman–Crippen MR) is 172 cm³/mol. The molecule has 1 atom stereocenters. The molecule has 1 spiro atoms. The summed E-state index contributed by atoms with van der Waals surface area (Å²) in [5.41, 5.74) is 9.23. The van der Waals surface area contributed by atoms with Crippen LogP contribution in [-0.4, -0.2) is 10.8 Å². The van der Waals surface area contributed by atoms with Crippen LogP contribution in [0.5, 0.6) is 0 Å². The van der Waals surface area contributed by atoms with Gasteiger partial charge in [0.1, 0.15) is 0 Å². The molecular formula is C34H31ClN2OS2. The number of Topliss-reactive ketones (excluding diaryl/α,β-unsaturated/α-hetero) is 1. The number of rotatable bonds is 6. The van der Waals surface area contributed by atoms with E-state index in [0.29, 0.717) is 10.1 Å². The number of carbonyl (C=O) groups is 1. The van der Waals surface area contributed by atoms with Crippen LogP contribution in [0.3, 0.4) is 0 Å². The topological polar surface area (TPSA) is 32.7 Å². The van der Waals surface area contributed by atoms with Gasteiger partial charge in [0.2, 0.25) is 0 Å². The van der Waals surface area contributed by atoms with Crippen molar-refractivity contribution in [2.45, 2.75) is 49.5 Å². The van der Waals surface area contributed by atoms with Gasteiger partial charge in [-0.3, -0.25) is 4.79 Å². The minimum absolute atomic E-state index is 0.0401. The summed E-state index contributed by atoms with van der Waals surface area (Å²) in [5.74, 6) is -0.0401. The number of benzene rings is 4. The number of nitrogens with zero attached hydrogens (tertiary/aromatic N) is 2. The molecule has 2 aliphatic rings. The number of anilines is 1. The molecule has 3 nitrogen and oxygen atoms in total. The smallest absolute Gasteiger partial charge is 0.187 e. The van der Waals surface area contributed by atoms with E-state index < -0.39 is 8.95 Å². The zero-order chi connectivity index (χ0) is 28.1. The third-order valence-corrected chi connectivity index (χ3v) is 11.8. The van der Waals surface area contributed by atoms with E-state index in [2.05, 4.69) is 86.6 Å². The molecule has 0 N–H and O–H groups in total. The van der Waals surface area contributed by atoms with Gasteiger partial charge in [-0.15, -0.1) is 0 Å². The summed E-state index contributed by atoms with van der Waals surface area (Å²) in [4.78, 5) is 12.9. The van der Waals surface area contributed by atoms with Crippen LogP contribution in [0, 0.1) is 6.92 Å². The van der Waals surface area contributed by atoms with Crippen LogP contribution in [-0.2, 0) is 26.6 Å². The van der Waals surface area contributed by atoms with Gasteiger partial charge < -0.3 is 0 Å². The first-order chi connectivity index (χ1) is 19.3. The number of hydrogen-bond donors (Lipinski definition) is 0. The fraction of sp³-hybridized carbons (Fsp3) is 0.235. The number of halogens is 1. The highest BCUT2D eigenvalue weighted by atomic mass is 35.5. The van der Waals surface area contributed by atoms with Crippen molar-refractivity contribution in [2.24, 2.45) is 5.10 Å². The van der Waals surface area contributed by atoms with E-state index in [9.17, 15) is 4.79 Å². The van der Waals surface area contributed by atoms with Crippen molar-refractivity contribution in [1.82, 2.24) is 0 Å². The Balaban J connectivity index is 1.65. The first-order valence-electron chi connectivity index (χ1n) is 13.7. The number of ketones is 1. The molecule has 0 saturated carbocycles. The molecule has 0 radical (unpaired) electrons. The van der Waals surface area contributed by atoms with Gasteiger partial charge in [0, 0.05) is 17.5 Å². The van der Waals surface area contributed by atoms with Crippen LogP contribution >= 0.6 is 35.1 Å². The Morgan fingerprint density at radius 1 is 0.825 bits per heavy atom. The summed E-state index contributed by atoms with van der Waals surface area (Å²) in [6, 6.07) is 32.6. The maximum Gasteiger partial charge on any atom is 0.187 e. The number of thioether (sulfide) groups is 2. The SMILES string of the molecule is CCc1ccc(C2(c3ccc(CC)cc3)S[C@]3(SC(C(C)=O)=NN3c3cccc(Cl)c3C)c3ccccc32)cc1. The Morgan fingerprint density at radius 2 is 1.40 bits per heavy atom. The molecule has 6 heteroatoms. The first kappa shape index (κ1) is 27.2. The van der Waals surface area contributed by atoms with Gasteiger partial charge >= 0.3 is 0 Å². The normalized spacial score (nSPS) is 19.1. The van der Waals surface area contributed by atoms with E-state index in [-0.39, 0.29) is 5.78 Å². The largest absolute Gasteiger partial charge is 0.292 e. The Labute approximate surface area is 250 Å². The number of carbonyl (C=O) groups excluding carboxylic acids is 1. The Hall–Kier alpha value is -2.99. The van der Waals surface area contributed by atoms with Crippen LogP contribution < -0.4 is 5.01 Å². The van der Waals surface area contributed by atoms with Crippen LogP contribution in [0.4, 0.5) is 5.69 Å². The average Bonchev–Trinajstić information content (AvgIpc) is 3.52. The van der Waals surface area contributed by atoms with Gasteiger partial charge in [-0.05, 0) is 65.3 Å². The van der Waals surface area contributed by atoms with Gasteiger partial charge in [0.25, 0.3) is 0 Å². The minimum atomic E-state index is -0.708. The lowest BCUT2D eigenvalue weighted by Crippen LogP contribution is -2.34.